The number of hydrogen-bond donors (Lipinski definition) is 3. The molecule has 5 heteroatoms. The van der Waals surface area contributed by atoms with Crippen LogP contribution in [0, 0.1) is 6.92 Å². The highest BCUT2D eigenvalue weighted by Crippen LogP contribution is 2.33. The summed E-state index contributed by atoms with van der Waals surface area (Å²) in [6.07, 6.45) is 1.26. The third-order valence-electron chi connectivity index (χ3n) is 3.62. The maximum Gasteiger partial charge on any atom is 0.224 e. The first-order valence-corrected chi connectivity index (χ1v) is 7.57. The van der Waals surface area contributed by atoms with E-state index >= 15 is 0 Å². The van der Waals surface area contributed by atoms with E-state index in [0.29, 0.717) is 12.1 Å². The summed E-state index contributed by atoms with van der Waals surface area (Å²) in [5, 5.41) is 6.19. The minimum atomic E-state index is 0.0464. The molecule has 1 aliphatic heterocycles. The second kappa shape index (κ2) is 5.41. The third kappa shape index (κ3) is 2.88. The molecule has 1 amide bonds. The van der Waals surface area contributed by atoms with E-state index in [2.05, 4.69) is 26.6 Å². The van der Waals surface area contributed by atoms with Crippen LogP contribution in [0.1, 0.15) is 17.5 Å². The van der Waals surface area contributed by atoms with E-state index in [9.17, 15) is 4.79 Å². The summed E-state index contributed by atoms with van der Waals surface area (Å²) in [6.45, 7) is 2.05. The fourth-order valence-corrected chi connectivity index (χ4v) is 2.76. The van der Waals surface area contributed by atoms with Crippen LogP contribution in [0.3, 0.4) is 0 Å². The maximum absolute atomic E-state index is 11.4. The summed E-state index contributed by atoms with van der Waals surface area (Å²) in [5.41, 5.74) is 11.6. The molecule has 4 N–H and O–H groups in total. The molecule has 2 aromatic rings. The Bertz CT molecular complexity index is 728. The fraction of sp³-hybridized carbons (Fsp3) is 0.188. The number of amides is 1. The van der Waals surface area contributed by atoms with E-state index in [1.54, 1.807) is 0 Å². The van der Waals surface area contributed by atoms with Gasteiger partial charge in [-0.15, -0.1) is 0 Å². The van der Waals surface area contributed by atoms with E-state index in [4.69, 9.17) is 5.73 Å². The largest absolute Gasteiger partial charge is 0.397 e. The van der Waals surface area contributed by atoms with E-state index in [1.165, 1.54) is 5.56 Å². The predicted octanol–water partition coefficient (Wildman–Crippen LogP) is 3.97. The van der Waals surface area contributed by atoms with Crippen LogP contribution in [0.4, 0.5) is 22.7 Å². The van der Waals surface area contributed by atoms with Crippen LogP contribution < -0.4 is 16.4 Å². The zero-order valence-corrected chi connectivity index (χ0v) is 13.3. The van der Waals surface area contributed by atoms with Gasteiger partial charge < -0.3 is 16.4 Å². The summed E-state index contributed by atoms with van der Waals surface area (Å²) in [4.78, 5) is 11.4. The molecule has 0 bridgehead atoms. The van der Waals surface area contributed by atoms with Crippen molar-refractivity contribution in [1.82, 2.24) is 0 Å². The number of carbonyl (C=O) groups is 1. The van der Waals surface area contributed by atoms with Crippen LogP contribution in [0.25, 0.3) is 0 Å². The number of anilines is 4. The Labute approximate surface area is 131 Å². The minimum Gasteiger partial charge on any atom is -0.397 e. The van der Waals surface area contributed by atoms with Crippen LogP contribution >= 0.6 is 15.9 Å². The Morgan fingerprint density at radius 2 is 2.05 bits per heavy atom. The molecule has 0 saturated carbocycles. The molecule has 1 heterocycles. The number of benzene rings is 2. The lowest BCUT2D eigenvalue weighted by Gasteiger charge is -2.20. The number of hydrogen-bond acceptors (Lipinski definition) is 3. The molecule has 2 aromatic carbocycles. The molecule has 0 aromatic heterocycles. The lowest BCUT2D eigenvalue weighted by atomic mass is 10.0. The van der Waals surface area contributed by atoms with Gasteiger partial charge in [-0.05, 0) is 48.7 Å². The lowest BCUT2D eigenvalue weighted by molar-refractivity contribution is -0.116. The summed E-state index contributed by atoms with van der Waals surface area (Å²) >= 11 is 3.53. The first-order valence-electron chi connectivity index (χ1n) is 6.78. The van der Waals surface area contributed by atoms with E-state index < -0.39 is 0 Å². The standard InChI is InChI=1S/C16H16BrN3O/c1-9-2-4-11(7-12(9)17)19-15-6-10-3-5-16(21)20-14(10)8-13(15)18/h2,4,6-8,19H,3,5,18H2,1H3,(H,20,21). The molecule has 0 radical (unpaired) electrons. The van der Waals surface area contributed by atoms with Gasteiger partial charge in [0.25, 0.3) is 0 Å². The van der Waals surface area contributed by atoms with Gasteiger partial charge in [-0.3, -0.25) is 4.79 Å². The van der Waals surface area contributed by atoms with Crippen molar-refractivity contribution in [2.45, 2.75) is 19.8 Å². The Balaban J connectivity index is 1.92. The van der Waals surface area contributed by atoms with Crippen molar-refractivity contribution < 1.29 is 4.79 Å². The average molecular weight is 346 g/mol. The fourth-order valence-electron chi connectivity index (χ4n) is 2.38. The van der Waals surface area contributed by atoms with Gasteiger partial charge >= 0.3 is 0 Å². The number of nitrogen functional groups attached to an aromatic ring is 1. The van der Waals surface area contributed by atoms with Crippen LogP contribution in [0.15, 0.2) is 34.8 Å². The molecule has 0 unspecified atom stereocenters. The highest BCUT2D eigenvalue weighted by Gasteiger charge is 2.16. The van der Waals surface area contributed by atoms with E-state index in [0.717, 1.165) is 33.5 Å². The number of aryl methyl sites for hydroxylation is 2. The lowest BCUT2D eigenvalue weighted by Crippen LogP contribution is -2.19. The summed E-state index contributed by atoms with van der Waals surface area (Å²) in [7, 11) is 0. The highest BCUT2D eigenvalue weighted by molar-refractivity contribution is 9.10. The predicted molar refractivity (Wildman–Crippen MR) is 90.0 cm³/mol. The zero-order valence-electron chi connectivity index (χ0n) is 11.7. The number of nitrogens with two attached hydrogens (primary N) is 1. The Kier molecular flexibility index (Phi) is 3.59. The maximum atomic E-state index is 11.4. The van der Waals surface area contributed by atoms with Crippen molar-refractivity contribution in [1.29, 1.82) is 0 Å². The Morgan fingerprint density at radius 1 is 1.24 bits per heavy atom. The first kappa shape index (κ1) is 13.9. The van der Waals surface area contributed by atoms with Crippen molar-refractivity contribution in [2.24, 2.45) is 0 Å². The van der Waals surface area contributed by atoms with Crippen molar-refractivity contribution in [3.63, 3.8) is 0 Å². The normalized spacial score (nSPS) is 13.5. The molecule has 0 spiro atoms. The third-order valence-corrected chi connectivity index (χ3v) is 4.48. The number of nitrogens with one attached hydrogen (secondary N) is 2. The van der Waals surface area contributed by atoms with Gasteiger partial charge in [0.2, 0.25) is 5.91 Å². The van der Waals surface area contributed by atoms with Crippen LogP contribution in [0.2, 0.25) is 0 Å². The van der Waals surface area contributed by atoms with Crippen LogP contribution in [-0.2, 0) is 11.2 Å². The number of halogens is 1. The molecule has 0 atom stereocenters. The Morgan fingerprint density at radius 3 is 2.81 bits per heavy atom. The molecule has 0 fully saturated rings. The molecule has 108 valence electrons. The van der Waals surface area contributed by atoms with Crippen LogP contribution in [0.5, 0.6) is 0 Å². The molecule has 0 aliphatic carbocycles. The first-order chi connectivity index (χ1) is 10.0. The summed E-state index contributed by atoms with van der Waals surface area (Å²) < 4.78 is 1.05. The van der Waals surface area contributed by atoms with Gasteiger partial charge in [-0.1, -0.05) is 22.0 Å². The highest BCUT2D eigenvalue weighted by atomic mass is 79.9. The van der Waals surface area contributed by atoms with Gasteiger partial charge in [0.1, 0.15) is 0 Å². The molecule has 0 saturated heterocycles. The zero-order chi connectivity index (χ0) is 15.0. The van der Waals surface area contributed by atoms with Gasteiger partial charge in [0.05, 0.1) is 11.4 Å². The monoisotopic (exact) mass is 345 g/mol. The van der Waals surface area contributed by atoms with Crippen LogP contribution in [-0.4, -0.2) is 5.91 Å². The van der Waals surface area contributed by atoms with Gasteiger partial charge in [-0.2, -0.15) is 0 Å². The molecular weight excluding hydrogens is 330 g/mol. The smallest absolute Gasteiger partial charge is 0.224 e. The molecule has 4 nitrogen and oxygen atoms in total. The topological polar surface area (TPSA) is 67.2 Å². The molecule has 3 rings (SSSR count). The number of rotatable bonds is 2. The average Bonchev–Trinajstić information content (AvgIpc) is 2.44. The number of carbonyl (C=O) groups excluding carboxylic acids is 1. The van der Waals surface area contributed by atoms with E-state index in [1.807, 2.05) is 37.3 Å². The van der Waals surface area contributed by atoms with Crippen molar-refractivity contribution in [2.75, 3.05) is 16.4 Å². The van der Waals surface area contributed by atoms with Crippen molar-refractivity contribution in [3.8, 4) is 0 Å². The quantitative estimate of drug-likeness (QED) is 0.721. The SMILES string of the molecule is Cc1ccc(Nc2cc3c(cc2N)NC(=O)CC3)cc1Br. The number of fused-ring (bicyclic) bond motifs is 1. The van der Waals surface area contributed by atoms with Crippen molar-refractivity contribution >= 4 is 44.6 Å². The van der Waals surface area contributed by atoms with Gasteiger partial charge in [0, 0.05) is 22.3 Å². The summed E-state index contributed by atoms with van der Waals surface area (Å²) in [6, 6.07) is 9.91. The van der Waals surface area contributed by atoms with Gasteiger partial charge in [-0.25, -0.2) is 0 Å². The molecular formula is C16H16BrN3O. The molecule has 21 heavy (non-hydrogen) atoms. The minimum absolute atomic E-state index is 0.0464. The molecule has 1 aliphatic rings. The Hall–Kier alpha value is -2.01. The summed E-state index contributed by atoms with van der Waals surface area (Å²) in [5.74, 6) is 0.0464. The van der Waals surface area contributed by atoms with Gasteiger partial charge in [0.15, 0.2) is 0 Å². The van der Waals surface area contributed by atoms with E-state index in [-0.39, 0.29) is 5.91 Å². The second-order valence-electron chi connectivity index (χ2n) is 5.23. The second-order valence-corrected chi connectivity index (χ2v) is 6.09. The van der Waals surface area contributed by atoms with Crippen molar-refractivity contribution in [3.05, 3.63) is 45.9 Å².